The quantitative estimate of drug-likeness (QED) is 0.501. The number of nitrogens with zero attached hydrogens (tertiary/aromatic N) is 4. The molecule has 0 spiro atoms. The summed E-state index contributed by atoms with van der Waals surface area (Å²) in [6.07, 6.45) is 1.62. The van der Waals surface area contributed by atoms with Crippen LogP contribution >= 0.6 is 11.8 Å². The summed E-state index contributed by atoms with van der Waals surface area (Å²) in [6.45, 7) is 10.7. The molecule has 3 aromatic rings. The van der Waals surface area contributed by atoms with Crippen LogP contribution in [0.3, 0.4) is 0 Å². The van der Waals surface area contributed by atoms with Crippen molar-refractivity contribution in [3.8, 4) is 11.6 Å². The van der Waals surface area contributed by atoms with Crippen molar-refractivity contribution < 1.29 is 9.21 Å². The predicted molar refractivity (Wildman–Crippen MR) is 116 cm³/mol. The second-order valence-corrected chi connectivity index (χ2v) is 8.86. The SMILES string of the molecule is CC(C)N(C(=O)[C@H](C)Sc1nnc(-c2ccco2)n1Cc1ccccc1)C(C)C. The lowest BCUT2D eigenvalue weighted by Gasteiger charge is -2.32. The molecule has 0 N–H and O–H groups in total. The van der Waals surface area contributed by atoms with E-state index in [0.717, 1.165) is 5.56 Å². The lowest BCUT2D eigenvalue weighted by atomic mass is 10.2. The zero-order valence-electron chi connectivity index (χ0n) is 17.6. The fourth-order valence-corrected chi connectivity index (χ4v) is 4.30. The monoisotopic (exact) mass is 412 g/mol. The van der Waals surface area contributed by atoms with Gasteiger partial charge in [-0.15, -0.1) is 10.2 Å². The number of thioether (sulfide) groups is 1. The van der Waals surface area contributed by atoms with Crippen molar-refractivity contribution in [1.29, 1.82) is 0 Å². The maximum absolute atomic E-state index is 13.1. The Morgan fingerprint density at radius 2 is 1.72 bits per heavy atom. The Morgan fingerprint density at radius 1 is 1.03 bits per heavy atom. The van der Waals surface area contributed by atoms with Crippen LogP contribution in [0.5, 0.6) is 0 Å². The number of amides is 1. The van der Waals surface area contributed by atoms with Crippen molar-refractivity contribution in [3.05, 3.63) is 54.3 Å². The molecule has 0 aliphatic heterocycles. The number of hydrogen-bond donors (Lipinski definition) is 0. The topological polar surface area (TPSA) is 64.2 Å². The Kier molecular flexibility index (Phi) is 6.79. The lowest BCUT2D eigenvalue weighted by molar-refractivity contribution is -0.133. The van der Waals surface area contributed by atoms with Crippen LogP contribution in [0.4, 0.5) is 0 Å². The molecule has 1 aromatic carbocycles. The van der Waals surface area contributed by atoms with Crippen LogP contribution in [-0.2, 0) is 11.3 Å². The van der Waals surface area contributed by atoms with E-state index in [0.29, 0.717) is 23.3 Å². The van der Waals surface area contributed by atoms with Gasteiger partial charge in [0, 0.05) is 12.1 Å². The van der Waals surface area contributed by atoms with Gasteiger partial charge >= 0.3 is 0 Å². The maximum atomic E-state index is 13.1. The molecule has 0 saturated heterocycles. The summed E-state index contributed by atoms with van der Waals surface area (Å²) >= 11 is 1.44. The first kappa shape index (κ1) is 21.2. The Morgan fingerprint density at radius 3 is 2.31 bits per heavy atom. The number of furan rings is 1. The first-order valence-electron chi connectivity index (χ1n) is 9.88. The van der Waals surface area contributed by atoms with E-state index < -0.39 is 0 Å². The average molecular weight is 413 g/mol. The molecule has 0 fully saturated rings. The highest BCUT2D eigenvalue weighted by atomic mass is 32.2. The van der Waals surface area contributed by atoms with E-state index in [-0.39, 0.29) is 23.2 Å². The van der Waals surface area contributed by atoms with Gasteiger partial charge in [0.2, 0.25) is 11.7 Å². The van der Waals surface area contributed by atoms with E-state index in [9.17, 15) is 4.79 Å². The van der Waals surface area contributed by atoms with Gasteiger partial charge in [-0.1, -0.05) is 42.1 Å². The Labute approximate surface area is 176 Å². The molecular formula is C22H28N4O2S. The molecule has 0 unspecified atom stereocenters. The first-order valence-corrected chi connectivity index (χ1v) is 10.8. The van der Waals surface area contributed by atoms with Crippen LogP contribution in [0.25, 0.3) is 11.6 Å². The second-order valence-electron chi connectivity index (χ2n) is 7.55. The van der Waals surface area contributed by atoms with E-state index in [4.69, 9.17) is 4.42 Å². The summed E-state index contributed by atoms with van der Waals surface area (Å²) < 4.78 is 7.57. The number of carbonyl (C=O) groups is 1. The maximum Gasteiger partial charge on any atom is 0.236 e. The van der Waals surface area contributed by atoms with Crippen LogP contribution < -0.4 is 0 Å². The molecule has 0 saturated carbocycles. The molecular weight excluding hydrogens is 384 g/mol. The molecule has 2 heterocycles. The van der Waals surface area contributed by atoms with Gasteiger partial charge in [-0.25, -0.2) is 0 Å². The van der Waals surface area contributed by atoms with Gasteiger partial charge in [-0.3, -0.25) is 9.36 Å². The van der Waals surface area contributed by atoms with Gasteiger partial charge in [0.15, 0.2) is 10.9 Å². The van der Waals surface area contributed by atoms with Crippen LogP contribution in [0.1, 0.15) is 40.2 Å². The molecule has 29 heavy (non-hydrogen) atoms. The van der Waals surface area contributed by atoms with E-state index in [1.54, 1.807) is 6.26 Å². The summed E-state index contributed by atoms with van der Waals surface area (Å²) in [5, 5.41) is 9.17. The minimum absolute atomic E-state index is 0.105. The molecule has 3 rings (SSSR count). The third-order valence-electron chi connectivity index (χ3n) is 4.64. The van der Waals surface area contributed by atoms with E-state index in [2.05, 4.69) is 22.3 Å². The summed E-state index contributed by atoms with van der Waals surface area (Å²) in [7, 11) is 0. The Hall–Kier alpha value is -2.54. The summed E-state index contributed by atoms with van der Waals surface area (Å²) in [4.78, 5) is 15.0. The second kappa shape index (κ2) is 9.31. The summed E-state index contributed by atoms with van der Waals surface area (Å²) in [6, 6.07) is 14.1. The van der Waals surface area contributed by atoms with Crippen molar-refractivity contribution in [2.75, 3.05) is 0 Å². The molecule has 0 aliphatic carbocycles. The summed E-state index contributed by atoms with van der Waals surface area (Å²) in [5.74, 6) is 1.42. The molecule has 6 nitrogen and oxygen atoms in total. The van der Waals surface area contributed by atoms with Crippen LogP contribution in [0.15, 0.2) is 58.3 Å². The summed E-state index contributed by atoms with van der Waals surface area (Å²) in [5.41, 5.74) is 1.13. The van der Waals surface area contributed by atoms with Gasteiger partial charge in [0.05, 0.1) is 18.1 Å². The van der Waals surface area contributed by atoms with Crippen molar-refractivity contribution >= 4 is 17.7 Å². The third kappa shape index (κ3) is 4.90. The normalized spacial score (nSPS) is 12.5. The number of aromatic nitrogens is 3. The van der Waals surface area contributed by atoms with E-state index in [1.807, 2.05) is 74.4 Å². The molecule has 0 aliphatic rings. The molecule has 154 valence electrons. The molecule has 2 aromatic heterocycles. The molecule has 0 bridgehead atoms. The fourth-order valence-electron chi connectivity index (χ4n) is 3.40. The Bertz CT molecular complexity index is 912. The van der Waals surface area contributed by atoms with E-state index in [1.165, 1.54) is 11.8 Å². The van der Waals surface area contributed by atoms with Crippen molar-refractivity contribution in [2.24, 2.45) is 0 Å². The predicted octanol–water partition coefficient (Wildman–Crippen LogP) is 4.71. The van der Waals surface area contributed by atoms with Crippen LogP contribution in [0, 0.1) is 0 Å². The van der Waals surface area contributed by atoms with Gasteiger partial charge in [0.1, 0.15) is 0 Å². The highest BCUT2D eigenvalue weighted by Crippen LogP contribution is 2.29. The zero-order chi connectivity index (χ0) is 21.0. The zero-order valence-corrected chi connectivity index (χ0v) is 18.4. The van der Waals surface area contributed by atoms with Gasteiger partial charge in [-0.05, 0) is 52.3 Å². The van der Waals surface area contributed by atoms with Crippen molar-refractivity contribution in [3.63, 3.8) is 0 Å². The van der Waals surface area contributed by atoms with Gasteiger partial charge in [0.25, 0.3) is 0 Å². The van der Waals surface area contributed by atoms with Gasteiger partial charge < -0.3 is 9.32 Å². The molecule has 1 amide bonds. The van der Waals surface area contributed by atoms with Crippen LogP contribution in [0.2, 0.25) is 0 Å². The van der Waals surface area contributed by atoms with Crippen molar-refractivity contribution in [2.45, 2.75) is 63.7 Å². The first-order chi connectivity index (χ1) is 13.9. The van der Waals surface area contributed by atoms with Crippen molar-refractivity contribution in [1.82, 2.24) is 19.7 Å². The number of benzene rings is 1. The highest BCUT2D eigenvalue weighted by Gasteiger charge is 2.28. The molecule has 1 atom stereocenters. The molecule has 7 heteroatoms. The minimum atomic E-state index is -0.275. The molecule has 0 radical (unpaired) electrons. The van der Waals surface area contributed by atoms with Gasteiger partial charge in [-0.2, -0.15) is 0 Å². The Balaban J connectivity index is 1.90. The lowest BCUT2D eigenvalue weighted by Crippen LogP contribution is -2.45. The number of carbonyl (C=O) groups excluding carboxylic acids is 1. The fraction of sp³-hybridized carbons (Fsp3) is 0.409. The van der Waals surface area contributed by atoms with E-state index >= 15 is 0 Å². The highest BCUT2D eigenvalue weighted by molar-refractivity contribution is 8.00. The number of rotatable bonds is 8. The third-order valence-corrected chi connectivity index (χ3v) is 5.71. The number of hydrogen-bond acceptors (Lipinski definition) is 5. The average Bonchev–Trinajstić information content (AvgIpc) is 3.32. The largest absolute Gasteiger partial charge is 0.461 e. The minimum Gasteiger partial charge on any atom is -0.461 e. The van der Waals surface area contributed by atoms with Crippen LogP contribution in [-0.4, -0.2) is 42.9 Å². The smallest absolute Gasteiger partial charge is 0.236 e. The standard InChI is InChI=1S/C22H28N4O2S/c1-15(2)26(16(3)4)21(27)17(5)29-22-24-23-20(19-12-9-13-28-19)25(22)14-18-10-7-6-8-11-18/h6-13,15-17H,14H2,1-5H3/t17-/m0/s1.